The zero-order valence-electron chi connectivity index (χ0n) is 13.0. The highest BCUT2D eigenvalue weighted by molar-refractivity contribution is 9.10. The molecule has 0 radical (unpaired) electrons. The van der Waals surface area contributed by atoms with Gasteiger partial charge in [-0.3, -0.25) is 4.79 Å². The molecule has 1 unspecified atom stereocenters. The molecule has 0 saturated carbocycles. The van der Waals surface area contributed by atoms with Gasteiger partial charge in [-0.25, -0.2) is 0 Å². The summed E-state index contributed by atoms with van der Waals surface area (Å²) >= 11 is 3.33. The van der Waals surface area contributed by atoms with Crippen LogP contribution in [-0.4, -0.2) is 36.3 Å². The van der Waals surface area contributed by atoms with Crippen molar-refractivity contribution in [2.75, 3.05) is 13.1 Å². The molecule has 3 nitrogen and oxygen atoms in total. The molecule has 2 N–H and O–H groups in total. The number of rotatable bonds is 8. The SMILES string of the molecule is CC(C)C(=O)[C@H](CCNCC(O)C(F)(F)F)c1ccc(Br)cc1. The van der Waals surface area contributed by atoms with Gasteiger partial charge in [0.1, 0.15) is 5.78 Å². The van der Waals surface area contributed by atoms with Gasteiger partial charge in [-0.1, -0.05) is 41.9 Å². The minimum absolute atomic E-state index is 0.0468. The number of carbonyl (C=O) groups is 1. The first kappa shape index (κ1) is 20.1. The van der Waals surface area contributed by atoms with Crippen molar-refractivity contribution >= 4 is 21.7 Å². The summed E-state index contributed by atoms with van der Waals surface area (Å²) in [6.45, 7) is 3.24. The Labute approximate surface area is 142 Å². The highest BCUT2D eigenvalue weighted by atomic mass is 79.9. The van der Waals surface area contributed by atoms with Gasteiger partial charge in [-0.05, 0) is 30.7 Å². The number of aliphatic hydroxyl groups is 1. The second kappa shape index (κ2) is 8.80. The summed E-state index contributed by atoms with van der Waals surface area (Å²) in [6, 6.07) is 7.33. The van der Waals surface area contributed by atoms with Gasteiger partial charge in [0.25, 0.3) is 0 Å². The Morgan fingerprint density at radius 1 is 1.26 bits per heavy atom. The van der Waals surface area contributed by atoms with E-state index in [4.69, 9.17) is 5.11 Å². The third kappa shape index (κ3) is 6.61. The molecule has 1 aromatic rings. The van der Waals surface area contributed by atoms with Crippen LogP contribution in [0.2, 0.25) is 0 Å². The first-order valence-electron chi connectivity index (χ1n) is 7.37. The number of benzene rings is 1. The van der Waals surface area contributed by atoms with Crippen molar-refractivity contribution in [3.63, 3.8) is 0 Å². The zero-order valence-corrected chi connectivity index (χ0v) is 14.6. The van der Waals surface area contributed by atoms with Gasteiger partial charge in [0.05, 0.1) is 0 Å². The molecule has 7 heteroatoms. The molecule has 0 bridgehead atoms. The van der Waals surface area contributed by atoms with Gasteiger partial charge in [0.2, 0.25) is 0 Å². The van der Waals surface area contributed by atoms with Crippen molar-refractivity contribution in [3.05, 3.63) is 34.3 Å². The Balaban J connectivity index is 2.65. The lowest BCUT2D eigenvalue weighted by Gasteiger charge is -2.20. The number of carbonyl (C=O) groups excluding carboxylic acids is 1. The average Bonchev–Trinajstić information content (AvgIpc) is 2.46. The largest absolute Gasteiger partial charge is 0.415 e. The first-order valence-corrected chi connectivity index (χ1v) is 8.17. The molecule has 2 atom stereocenters. The number of ketones is 1. The fraction of sp³-hybridized carbons (Fsp3) is 0.562. The van der Waals surface area contributed by atoms with Gasteiger partial charge >= 0.3 is 6.18 Å². The quantitative estimate of drug-likeness (QED) is 0.660. The number of hydrogen-bond donors (Lipinski definition) is 2. The van der Waals surface area contributed by atoms with Crippen molar-refractivity contribution in [1.29, 1.82) is 0 Å². The Morgan fingerprint density at radius 3 is 2.30 bits per heavy atom. The number of alkyl halides is 3. The van der Waals surface area contributed by atoms with Crippen LogP contribution < -0.4 is 5.32 Å². The monoisotopic (exact) mass is 395 g/mol. The van der Waals surface area contributed by atoms with Crippen LogP contribution >= 0.6 is 15.9 Å². The van der Waals surface area contributed by atoms with Gasteiger partial charge in [-0.2, -0.15) is 13.2 Å². The summed E-state index contributed by atoms with van der Waals surface area (Å²) < 4.78 is 37.6. The molecule has 0 aliphatic carbocycles. The van der Waals surface area contributed by atoms with E-state index in [0.717, 1.165) is 10.0 Å². The van der Waals surface area contributed by atoms with E-state index in [2.05, 4.69) is 21.2 Å². The van der Waals surface area contributed by atoms with Crippen LogP contribution in [-0.2, 0) is 4.79 Å². The third-order valence-corrected chi connectivity index (χ3v) is 4.04. The molecule has 0 heterocycles. The second-order valence-corrected chi connectivity index (χ2v) is 6.63. The molecule has 0 aliphatic heterocycles. The topological polar surface area (TPSA) is 49.3 Å². The van der Waals surface area contributed by atoms with Crippen LogP contribution in [0.25, 0.3) is 0 Å². The van der Waals surface area contributed by atoms with Crippen LogP contribution in [0.15, 0.2) is 28.7 Å². The van der Waals surface area contributed by atoms with E-state index in [1.165, 1.54) is 0 Å². The molecule has 0 spiro atoms. The summed E-state index contributed by atoms with van der Waals surface area (Å²) in [5.41, 5.74) is 0.838. The van der Waals surface area contributed by atoms with Gasteiger partial charge in [0, 0.05) is 22.9 Å². The van der Waals surface area contributed by atoms with Crippen molar-refractivity contribution < 1.29 is 23.1 Å². The fourth-order valence-corrected chi connectivity index (χ4v) is 2.44. The zero-order chi connectivity index (χ0) is 17.6. The smallest absolute Gasteiger partial charge is 0.382 e. The number of halogens is 4. The normalized spacial score (nSPS) is 14.8. The maximum atomic E-state index is 12.3. The fourth-order valence-electron chi connectivity index (χ4n) is 2.17. The lowest BCUT2D eigenvalue weighted by Crippen LogP contribution is -2.39. The molecule has 0 aromatic heterocycles. The molecule has 0 fully saturated rings. The second-order valence-electron chi connectivity index (χ2n) is 5.71. The maximum Gasteiger partial charge on any atom is 0.415 e. The maximum absolute atomic E-state index is 12.3. The minimum atomic E-state index is -4.63. The van der Waals surface area contributed by atoms with E-state index in [9.17, 15) is 18.0 Å². The molecule has 0 saturated heterocycles. The lowest BCUT2D eigenvalue weighted by molar-refractivity contribution is -0.201. The molecule has 0 amide bonds. The minimum Gasteiger partial charge on any atom is -0.382 e. The number of hydrogen-bond acceptors (Lipinski definition) is 3. The molecule has 0 aliphatic rings. The summed E-state index contributed by atoms with van der Waals surface area (Å²) in [6.07, 6.45) is -6.65. The highest BCUT2D eigenvalue weighted by Gasteiger charge is 2.37. The molecule has 1 rings (SSSR count). The Hall–Kier alpha value is -0.920. The van der Waals surface area contributed by atoms with Crippen LogP contribution in [0, 0.1) is 5.92 Å². The van der Waals surface area contributed by atoms with Gasteiger partial charge in [0.15, 0.2) is 6.10 Å². The Bertz CT molecular complexity index is 503. The van der Waals surface area contributed by atoms with E-state index in [1.807, 2.05) is 24.3 Å². The van der Waals surface area contributed by atoms with E-state index in [1.54, 1.807) is 13.8 Å². The van der Waals surface area contributed by atoms with Crippen LogP contribution in [0.1, 0.15) is 31.7 Å². The van der Waals surface area contributed by atoms with Crippen LogP contribution in [0.5, 0.6) is 0 Å². The van der Waals surface area contributed by atoms with E-state index in [-0.39, 0.29) is 24.2 Å². The predicted octanol–water partition coefficient (Wildman–Crippen LogP) is 3.66. The van der Waals surface area contributed by atoms with Gasteiger partial charge in [-0.15, -0.1) is 0 Å². The third-order valence-electron chi connectivity index (χ3n) is 3.51. The Morgan fingerprint density at radius 2 is 1.83 bits per heavy atom. The highest BCUT2D eigenvalue weighted by Crippen LogP contribution is 2.25. The average molecular weight is 396 g/mol. The standard InChI is InChI=1S/C16H21BrF3NO2/c1-10(2)15(23)13(11-3-5-12(17)6-4-11)7-8-21-9-14(22)16(18,19)20/h3-6,10,13-14,21-22H,7-9H2,1-2H3/t13-,14?/m1/s1. The molecule has 130 valence electrons. The summed E-state index contributed by atoms with van der Waals surface area (Å²) in [4.78, 5) is 12.3. The summed E-state index contributed by atoms with van der Waals surface area (Å²) in [5, 5.41) is 11.5. The number of aliphatic hydroxyl groups excluding tert-OH is 1. The van der Waals surface area contributed by atoms with Crippen molar-refractivity contribution in [2.45, 2.75) is 38.5 Å². The Kier molecular flexibility index (Phi) is 7.70. The lowest BCUT2D eigenvalue weighted by atomic mass is 9.86. The van der Waals surface area contributed by atoms with Crippen molar-refractivity contribution in [2.24, 2.45) is 5.92 Å². The van der Waals surface area contributed by atoms with Crippen LogP contribution in [0.4, 0.5) is 13.2 Å². The molecule has 23 heavy (non-hydrogen) atoms. The number of nitrogens with one attached hydrogen (secondary N) is 1. The van der Waals surface area contributed by atoms with Gasteiger partial charge < -0.3 is 10.4 Å². The van der Waals surface area contributed by atoms with E-state index < -0.39 is 18.8 Å². The summed E-state index contributed by atoms with van der Waals surface area (Å²) in [7, 11) is 0. The van der Waals surface area contributed by atoms with E-state index >= 15 is 0 Å². The molecular weight excluding hydrogens is 375 g/mol. The van der Waals surface area contributed by atoms with Crippen LogP contribution in [0.3, 0.4) is 0 Å². The van der Waals surface area contributed by atoms with Crippen molar-refractivity contribution in [1.82, 2.24) is 5.32 Å². The predicted molar refractivity (Wildman–Crippen MR) is 86.3 cm³/mol. The van der Waals surface area contributed by atoms with E-state index in [0.29, 0.717) is 6.42 Å². The first-order chi connectivity index (χ1) is 10.6. The summed E-state index contributed by atoms with van der Waals surface area (Å²) in [5.74, 6) is -0.492. The van der Waals surface area contributed by atoms with Crippen molar-refractivity contribution in [3.8, 4) is 0 Å². The number of Topliss-reactive ketones (excluding diaryl/α,β-unsaturated/α-hetero) is 1. The molecule has 1 aromatic carbocycles. The molecular formula is C16H21BrF3NO2.